The third-order valence-electron chi connectivity index (χ3n) is 1.18. The normalized spacial score (nSPS) is 13.8. The van der Waals surface area contributed by atoms with Gasteiger partial charge in [0.05, 0.1) is 0 Å². The van der Waals surface area contributed by atoms with Gasteiger partial charge in [-0.25, -0.2) is 0 Å². The van der Waals surface area contributed by atoms with E-state index < -0.39 is 0 Å². The van der Waals surface area contributed by atoms with E-state index in [1.165, 1.54) is 0 Å². The number of rotatable bonds is 3. The first kappa shape index (κ1) is 10.6. The standard InChI is InChI=1S/C7H14ClN3/c1-7(2,3)4-6(8)5-10-11-9/h6H,4-5H2,1-3H3. The fourth-order valence-corrected chi connectivity index (χ4v) is 1.38. The highest BCUT2D eigenvalue weighted by Crippen LogP contribution is 2.23. The van der Waals surface area contributed by atoms with Crippen LogP contribution in [0.5, 0.6) is 0 Å². The molecule has 11 heavy (non-hydrogen) atoms. The summed E-state index contributed by atoms with van der Waals surface area (Å²) in [4.78, 5) is 2.65. The summed E-state index contributed by atoms with van der Waals surface area (Å²) in [6, 6.07) is 0. The lowest BCUT2D eigenvalue weighted by Crippen LogP contribution is -2.15. The molecule has 0 aromatic rings. The van der Waals surface area contributed by atoms with Crippen LogP contribution in [0.25, 0.3) is 10.4 Å². The maximum Gasteiger partial charge on any atom is 0.0422 e. The first-order valence-corrected chi connectivity index (χ1v) is 4.04. The first-order valence-electron chi connectivity index (χ1n) is 3.60. The zero-order chi connectivity index (χ0) is 8.91. The molecule has 0 heterocycles. The van der Waals surface area contributed by atoms with Crippen LogP contribution in [-0.2, 0) is 0 Å². The van der Waals surface area contributed by atoms with Crippen LogP contribution >= 0.6 is 11.6 Å². The van der Waals surface area contributed by atoms with Gasteiger partial charge in [-0.2, -0.15) is 0 Å². The number of nitrogens with zero attached hydrogens (tertiary/aromatic N) is 3. The second kappa shape index (κ2) is 4.47. The molecule has 0 saturated heterocycles. The molecule has 0 rings (SSSR count). The first-order chi connectivity index (χ1) is 4.95. The fraction of sp³-hybridized carbons (Fsp3) is 1.00. The summed E-state index contributed by atoms with van der Waals surface area (Å²) in [5, 5.41) is 3.37. The molecule has 0 amide bonds. The molecule has 1 atom stereocenters. The van der Waals surface area contributed by atoms with Gasteiger partial charge in [0.15, 0.2) is 0 Å². The number of hydrogen-bond donors (Lipinski definition) is 0. The van der Waals surface area contributed by atoms with Gasteiger partial charge in [0.25, 0.3) is 0 Å². The largest absolute Gasteiger partial charge is 0.123 e. The Morgan fingerprint density at radius 1 is 1.55 bits per heavy atom. The quantitative estimate of drug-likeness (QED) is 0.274. The van der Waals surface area contributed by atoms with Crippen molar-refractivity contribution in [3.63, 3.8) is 0 Å². The van der Waals surface area contributed by atoms with Crippen molar-refractivity contribution in [2.24, 2.45) is 10.5 Å². The van der Waals surface area contributed by atoms with Crippen LogP contribution in [0.2, 0.25) is 0 Å². The van der Waals surface area contributed by atoms with E-state index in [1.54, 1.807) is 0 Å². The van der Waals surface area contributed by atoms with Gasteiger partial charge in [0, 0.05) is 16.8 Å². The third-order valence-corrected chi connectivity index (χ3v) is 1.47. The Balaban J connectivity index is 3.69. The van der Waals surface area contributed by atoms with E-state index in [-0.39, 0.29) is 10.8 Å². The van der Waals surface area contributed by atoms with E-state index >= 15 is 0 Å². The molecule has 0 radical (unpaired) electrons. The van der Waals surface area contributed by atoms with Crippen LogP contribution in [-0.4, -0.2) is 11.9 Å². The molecule has 0 fully saturated rings. The monoisotopic (exact) mass is 175 g/mol. The lowest BCUT2D eigenvalue weighted by atomic mass is 9.90. The highest BCUT2D eigenvalue weighted by Gasteiger charge is 2.15. The molecular weight excluding hydrogens is 162 g/mol. The summed E-state index contributed by atoms with van der Waals surface area (Å²) in [5.41, 5.74) is 8.22. The van der Waals surface area contributed by atoms with E-state index in [0.717, 1.165) is 6.42 Å². The Bertz CT molecular complexity index is 156. The molecule has 0 bridgehead atoms. The van der Waals surface area contributed by atoms with Crippen molar-refractivity contribution in [2.45, 2.75) is 32.6 Å². The molecule has 0 N–H and O–H groups in total. The van der Waals surface area contributed by atoms with Gasteiger partial charge in [-0.1, -0.05) is 25.9 Å². The van der Waals surface area contributed by atoms with Gasteiger partial charge in [0.2, 0.25) is 0 Å². The van der Waals surface area contributed by atoms with Crippen LogP contribution in [0.15, 0.2) is 5.11 Å². The van der Waals surface area contributed by atoms with E-state index in [4.69, 9.17) is 17.1 Å². The van der Waals surface area contributed by atoms with Gasteiger partial charge < -0.3 is 0 Å². The van der Waals surface area contributed by atoms with E-state index in [1.807, 2.05) is 0 Å². The molecular formula is C7H14ClN3. The van der Waals surface area contributed by atoms with Gasteiger partial charge in [-0.3, -0.25) is 0 Å². The Hall–Kier alpha value is -0.400. The average molecular weight is 176 g/mol. The molecule has 0 aromatic heterocycles. The number of hydrogen-bond acceptors (Lipinski definition) is 1. The minimum absolute atomic E-state index is 0.0362. The molecule has 0 saturated carbocycles. The lowest BCUT2D eigenvalue weighted by molar-refractivity contribution is 0.371. The van der Waals surface area contributed by atoms with Crippen molar-refractivity contribution in [2.75, 3.05) is 6.54 Å². The minimum Gasteiger partial charge on any atom is -0.123 e. The second-order valence-electron chi connectivity index (χ2n) is 3.78. The molecule has 3 nitrogen and oxygen atoms in total. The van der Waals surface area contributed by atoms with Gasteiger partial charge in [-0.15, -0.1) is 11.6 Å². The molecule has 0 aliphatic rings. The predicted octanol–water partition coefficient (Wildman–Crippen LogP) is 3.34. The summed E-state index contributed by atoms with van der Waals surface area (Å²) in [5.74, 6) is 0. The van der Waals surface area contributed by atoms with Crippen molar-refractivity contribution in [1.82, 2.24) is 0 Å². The van der Waals surface area contributed by atoms with Crippen molar-refractivity contribution in [3.05, 3.63) is 10.4 Å². The average Bonchev–Trinajstić information content (AvgIpc) is 1.79. The highest BCUT2D eigenvalue weighted by molar-refractivity contribution is 6.20. The summed E-state index contributed by atoms with van der Waals surface area (Å²) in [6.45, 7) is 6.71. The predicted molar refractivity (Wildman–Crippen MR) is 47.7 cm³/mol. The van der Waals surface area contributed by atoms with Crippen molar-refractivity contribution in [3.8, 4) is 0 Å². The molecule has 0 aliphatic heterocycles. The molecule has 0 spiro atoms. The van der Waals surface area contributed by atoms with Gasteiger partial charge >= 0.3 is 0 Å². The zero-order valence-corrected chi connectivity index (χ0v) is 7.97. The smallest absolute Gasteiger partial charge is 0.0422 e. The lowest BCUT2D eigenvalue weighted by Gasteiger charge is -2.20. The highest BCUT2D eigenvalue weighted by atomic mass is 35.5. The van der Waals surface area contributed by atoms with Crippen LogP contribution < -0.4 is 0 Å². The van der Waals surface area contributed by atoms with Crippen LogP contribution in [0.3, 0.4) is 0 Å². The summed E-state index contributed by atoms with van der Waals surface area (Å²) >= 11 is 5.88. The van der Waals surface area contributed by atoms with E-state index in [9.17, 15) is 0 Å². The minimum atomic E-state index is -0.0362. The van der Waals surface area contributed by atoms with Crippen LogP contribution in [0, 0.1) is 5.41 Å². The Morgan fingerprint density at radius 2 is 2.09 bits per heavy atom. The fourth-order valence-electron chi connectivity index (χ4n) is 0.854. The molecule has 64 valence electrons. The van der Waals surface area contributed by atoms with Crippen molar-refractivity contribution < 1.29 is 0 Å². The number of azide groups is 1. The van der Waals surface area contributed by atoms with Crippen molar-refractivity contribution >= 4 is 11.6 Å². The Morgan fingerprint density at radius 3 is 2.45 bits per heavy atom. The molecule has 0 aliphatic carbocycles. The zero-order valence-electron chi connectivity index (χ0n) is 7.21. The maximum atomic E-state index is 8.01. The van der Waals surface area contributed by atoms with Crippen LogP contribution in [0.4, 0.5) is 0 Å². The Kier molecular flexibility index (Phi) is 4.31. The van der Waals surface area contributed by atoms with Gasteiger partial charge in [0.1, 0.15) is 0 Å². The van der Waals surface area contributed by atoms with Crippen molar-refractivity contribution in [1.29, 1.82) is 0 Å². The molecule has 0 aromatic carbocycles. The summed E-state index contributed by atoms with van der Waals surface area (Å²) in [6.07, 6.45) is 0.869. The van der Waals surface area contributed by atoms with Crippen LogP contribution in [0.1, 0.15) is 27.2 Å². The molecule has 4 heteroatoms. The second-order valence-corrected chi connectivity index (χ2v) is 4.39. The molecule has 1 unspecified atom stereocenters. The Labute approximate surface area is 72.4 Å². The summed E-state index contributed by atoms with van der Waals surface area (Å²) < 4.78 is 0. The van der Waals surface area contributed by atoms with E-state index in [2.05, 4.69) is 30.8 Å². The number of alkyl halides is 1. The third kappa shape index (κ3) is 7.50. The SMILES string of the molecule is CC(C)(C)CC(Cl)CN=[N+]=[N-]. The maximum absolute atomic E-state index is 8.01. The number of halogens is 1. The topological polar surface area (TPSA) is 48.8 Å². The summed E-state index contributed by atoms with van der Waals surface area (Å²) in [7, 11) is 0. The van der Waals surface area contributed by atoms with Gasteiger partial charge in [-0.05, 0) is 17.4 Å². The van der Waals surface area contributed by atoms with E-state index in [0.29, 0.717) is 6.54 Å².